The monoisotopic (exact) mass is 197 g/mol. The molecule has 2 atom stereocenters. The minimum Gasteiger partial charge on any atom is -0.481 e. The number of rotatable bonds is 1. The highest BCUT2D eigenvalue weighted by atomic mass is 19.4. The van der Waals surface area contributed by atoms with E-state index in [2.05, 4.69) is 0 Å². The van der Waals surface area contributed by atoms with Crippen LogP contribution in [0.25, 0.3) is 0 Å². The lowest BCUT2D eigenvalue weighted by Crippen LogP contribution is -2.33. The quantitative estimate of drug-likeness (QED) is 0.676. The molecule has 0 bridgehead atoms. The second-order valence-electron chi connectivity index (χ2n) is 3.31. The summed E-state index contributed by atoms with van der Waals surface area (Å²) in [5.74, 6) is -4.41. The second-order valence-corrected chi connectivity index (χ2v) is 3.31. The van der Waals surface area contributed by atoms with E-state index >= 15 is 0 Å². The first kappa shape index (κ1) is 10.3. The molecule has 6 heteroatoms. The van der Waals surface area contributed by atoms with Gasteiger partial charge in [0.15, 0.2) is 0 Å². The van der Waals surface area contributed by atoms with Crippen LogP contribution in [0.4, 0.5) is 13.2 Å². The van der Waals surface area contributed by atoms with Gasteiger partial charge in [-0.15, -0.1) is 0 Å². The van der Waals surface area contributed by atoms with E-state index in [1.54, 1.807) is 0 Å². The lowest BCUT2D eigenvalue weighted by atomic mass is 9.96. The third-order valence-electron chi connectivity index (χ3n) is 2.24. The van der Waals surface area contributed by atoms with Crippen molar-refractivity contribution in [3.8, 4) is 0 Å². The summed E-state index contributed by atoms with van der Waals surface area (Å²) in [7, 11) is 1.49. The Morgan fingerprint density at radius 1 is 1.46 bits per heavy atom. The molecule has 1 aliphatic heterocycles. The number of hydrogen-bond acceptors (Lipinski definition) is 2. The number of alkyl halides is 3. The molecular weight excluding hydrogens is 187 g/mol. The molecule has 1 N–H and O–H groups in total. The van der Waals surface area contributed by atoms with Gasteiger partial charge in [-0.3, -0.25) is 4.79 Å². The molecule has 0 amide bonds. The third-order valence-corrected chi connectivity index (χ3v) is 2.24. The number of halogens is 3. The summed E-state index contributed by atoms with van der Waals surface area (Å²) in [6.07, 6.45) is -4.41. The molecule has 76 valence electrons. The maximum atomic E-state index is 12.3. The Morgan fingerprint density at radius 2 is 2.00 bits per heavy atom. The average Bonchev–Trinajstić information content (AvgIpc) is 2.29. The van der Waals surface area contributed by atoms with E-state index in [9.17, 15) is 18.0 Å². The average molecular weight is 197 g/mol. The molecule has 0 aromatic carbocycles. The molecule has 1 aliphatic rings. The van der Waals surface area contributed by atoms with Crippen molar-refractivity contribution >= 4 is 5.97 Å². The van der Waals surface area contributed by atoms with Crippen molar-refractivity contribution in [3.05, 3.63) is 0 Å². The minimum atomic E-state index is -4.41. The molecule has 1 heterocycles. The first-order valence-electron chi connectivity index (χ1n) is 3.80. The predicted molar refractivity (Wildman–Crippen MR) is 38.2 cm³/mol. The maximum absolute atomic E-state index is 12.3. The molecule has 1 rings (SSSR count). The van der Waals surface area contributed by atoms with Crippen LogP contribution in [-0.4, -0.2) is 42.3 Å². The molecule has 0 spiro atoms. The van der Waals surface area contributed by atoms with Crippen LogP contribution < -0.4 is 0 Å². The van der Waals surface area contributed by atoms with Crippen LogP contribution in [0.1, 0.15) is 0 Å². The Morgan fingerprint density at radius 3 is 2.31 bits per heavy atom. The van der Waals surface area contributed by atoms with Crippen molar-refractivity contribution in [2.24, 2.45) is 11.8 Å². The Kier molecular flexibility index (Phi) is 2.51. The van der Waals surface area contributed by atoms with Crippen LogP contribution >= 0.6 is 0 Å². The largest absolute Gasteiger partial charge is 0.481 e. The van der Waals surface area contributed by atoms with Gasteiger partial charge in [0.05, 0.1) is 11.8 Å². The number of carboxylic acids is 1. The molecule has 0 aromatic rings. The van der Waals surface area contributed by atoms with Crippen molar-refractivity contribution in [2.75, 3.05) is 20.1 Å². The van der Waals surface area contributed by atoms with E-state index in [0.717, 1.165) is 0 Å². The zero-order valence-electron chi connectivity index (χ0n) is 7.01. The molecule has 0 radical (unpaired) electrons. The molecule has 0 aliphatic carbocycles. The fraction of sp³-hybridized carbons (Fsp3) is 0.857. The standard InChI is InChI=1S/C7H10F3NO2/c1-11-2-4(6(12)13)5(3-11)7(8,9)10/h4-5H,2-3H2,1H3,(H,12,13)/t4-,5+/m0/s1. The highest BCUT2D eigenvalue weighted by molar-refractivity contribution is 5.71. The van der Waals surface area contributed by atoms with Gasteiger partial charge >= 0.3 is 12.1 Å². The molecule has 1 saturated heterocycles. The van der Waals surface area contributed by atoms with Crippen LogP contribution in [0.5, 0.6) is 0 Å². The van der Waals surface area contributed by atoms with Crippen LogP contribution in [0.2, 0.25) is 0 Å². The summed E-state index contributed by atoms with van der Waals surface area (Å²) in [4.78, 5) is 11.9. The van der Waals surface area contributed by atoms with E-state index in [4.69, 9.17) is 5.11 Å². The Labute approximate surface area is 73.1 Å². The number of carboxylic acid groups (broad SMARTS) is 1. The third kappa shape index (κ3) is 2.12. The summed E-state index contributed by atoms with van der Waals surface area (Å²) >= 11 is 0. The predicted octanol–water partition coefficient (Wildman–Crippen LogP) is 0.811. The van der Waals surface area contributed by atoms with Gasteiger partial charge in [-0.05, 0) is 7.05 Å². The van der Waals surface area contributed by atoms with E-state index in [1.807, 2.05) is 0 Å². The van der Waals surface area contributed by atoms with Gasteiger partial charge in [0, 0.05) is 13.1 Å². The number of nitrogens with zero attached hydrogens (tertiary/aromatic N) is 1. The molecule has 0 aromatic heterocycles. The van der Waals surface area contributed by atoms with Gasteiger partial charge in [-0.25, -0.2) is 0 Å². The Hall–Kier alpha value is -0.780. The Bertz CT molecular complexity index is 216. The summed E-state index contributed by atoms with van der Waals surface area (Å²) in [6.45, 7) is -0.250. The fourth-order valence-corrected chi connectivity index (χ4v) is 1.58. The maximum Gasteiger partial charge on any atom is 0.393 e. The highest BCUT2D eigenvalue weighted by Gasteiger charge is 2.51. The van der Waals surface area contributed by atoms with Gasteiger partial charge in [0.2, 0.25) is 0 Å². The van der Waals surface area contributed by atoms with Crippen LogP contribution in [-0.2, 0) is 4.79 Å². The SMILES string of the molecule is CN1C[C@H](C(=O)O)[C@H](C(F)(F)F)C1. The number of hydrogen-bond donors (Lipinski definition) is 1. The van der Waals surface area contributed by atoms with Crippen LogP contribution in [0.15, 0.2) is 0 Å². The van der Waals surface area contributed by atoms with E-state index in [-0.39, 0.29) is 13.1 Å². The summed E-state index contributed by atoms with van der Waals surface area (Å²) in [6, 6.07) is 0. The minimum absolute atomic E-state index is 0.0283. The zero-order chi connectivity index (χ0) is 10.2. The summed E-state index contributed by atoms with van der Waals surface area (Å²) in [5, 5.41) is 8.54. The van der Waals surface area contributed by atoms with Crippen molar-refractivity contribution in [2.45, 2.75) is 6.18 Å². The van der Waals surface area contributed by atoms with Gasteiger partial charge in [0.1, 0.15) is 0 Å². The van der Waals surface area contributed by atoms with Gasteiger partial charge in [-0.1, -0.05) is 0 Å². The van der Waals surface area contributed by atoms with Crippen LogP contribution in [0, 0.1) is 11.8 Å². The smallest absolute Gasteiger partial charge is 0.393 e. The summed E-state index contributed by atoms with van der Waals surface area (Å²) in [5.41, 5.74) is 0. The molecule has 13 heavy (non-hydrogen) atoms. The number of likely N-dealkylation sites (tertiary alicyclic amines) is 1. The van der Waals surface area contributed by atoms with Crippen molar-refractivity contribution in [1.82, 2.24) is 4.90 Å². The topological polar surface area (TPSA) is 40.5 Å². The van der Waals surface area contributed by atoms with E-state index in [1.165, 1.54) is 11.9 Å². The zero-order valence-corrected chi connectivity index (χ0v) is 7.01. The van der Waals surface area contributed by atoms with Crippen molar-refractivity contribution in [1.29, 1.82) is 0 Å². The highest BCUT2D eigenvalue weighted by Crippen LogP contribution is 2.36. The molecule has 1 fully saturated rings. The van der Waals surface area contributed by atoms with Gasteiger partial charge < -0.3 is 10.0 Å². The van der Waals surface area contributed by atoms with Crippen LogP contribution in [0.3, 0.4) is 0 Å². The Balaban J connectivity index is 2.78. The fourth-order valence-electron chi connectivity index (χ4n) is 1.58. The molecular formula is C7H10F3NO2. The summed E-state index contributed by atoms with van der Waals surface area (Å²) < 4.78 is 36.8. The second kappa shape index (κ2) is 3.17. The lowest BCUT2D eigenvalue weighted by Gasteiger charge is -2.17. The first-order valence-corrected chi connectivity index (χ1v) is 3.80. The van der Waals surface area contributed by atoms with Gasteiger partial charge in [-0.2, -0.15) is 13.2 Å². The number of aliphatic carboxylic acids is 1. The lowest BCUT2D eigenvalue weighted by molar-refractivity contribution is -0.188. The molecule has 3 nitrogen and oxygen atoms in total. The van der Waals surface area contributed by atoms with Gasteiger partial charge in [0.25, 0.3) is 0 Å². The van der Waals surface area contributed by atoms with Crippen molar-refractivity contribution in [3.63, 3.8) is 0 Å². The number of carbonyl (C=O) groups is 1. The van der Waals surface area contributed by atoms with E-state index < -0.39 is 24.0 Å². The van der Waals surface area contributed by atoms with Crippen molar-refractivity contribution < 1.29 is 23.1 Å². The van der Waals surface area contributed by atoms with E-state index in [0.29, 0.717) is 0 Å². The molecule has 0 saturated carbocycles. The normalized spacial score (nSPS) is 30.8. The molecule has 0 unspecified atom stereocenters. The first-order chi connectivity index (χ1) is 5.82.